The predicted octanol–water partition coefficient (Wildman–Crippen LogP) is 7.26. The first-order valence-corrected chi connectivity index (χ1v) is 15.9. The number of carboxylic acids is 1. The Kier molecular flexibility index (Phi) is 6.58. The number of hydrogen-bond acceptors (Lipinski definition) is 4. The molecule has 0 amide bonds. The van der Waals surface area contributed by atoms with E-state index < -0.39 is 17.3 Å². The van der Waals surface area contributed by atoms with E-state index in [0.717, 1.165) is 56.9 Å². The van der Waals surface area contributed by atoms with Gasteiger partial charge in [0.25, 0.3) is 0 Å². The molecule has 5 saturated carbocycles. The summed E-state index contributed by atoms with van der Waals surface area (Å²) in [6.07, 6.45) is 8.90. The van der Waals surface area contributed by atoms with Crippen LogP contribution >= 0.6 is 0 Å². The van der Waals surface area contributed by atoms with Gasteiger partial charge in [-0.2, -0.15) is 0 Å². The monoisotopic (exact) mass is 550 g/mol. The van der Waals surface area contributed by atoms with Crippen molar-refractivity contribution >= 4 is 11.9 Å². The van der Waals surface area contributed by atoms with Crippen LogP contribution in [0.4, 0.5) is 0 Å². The molecule has 1 aromatic carbocycles. The lowest BCUT2D eigenvalue weighted by atomic mass is 9.32. The highest BCUT2D eigenvalue weighted by molar-refractivity contribution is 5.81. The number of fused-ring (bicyclic) bond motifs is 7. The molecule has 0 saturated heterocycles. The first kappa shape index (κ1) is 28.2. The lowest BCUT2D eigenvalue weighted by molar-refractivity contribution is -0.249. The fraction of sp³-hybridized carbons (Fsp3) is 0.771. The van der Waals surface area contributed by atoms with E-state index in [9.17, 15) is 19.8 Å². The second-order valence-corrected chi connectivity index (χ2v) is 15.8. The second kappa shape index (κ2) is 9.31. The Balaban J connectivity index is 1.34. The average Bonchev–Trinajstić information content (AvgIpc) is 3.32. The van der Waals surface area contributed by atoms with E-state index in [1.165, 1.54) is 0 Å². The van der Waals surface area contributed by atoms with Crippen molar-refractivity contribution in [3.05, 3.63) is 35.9 Å². The molecule has 10 unspecified atom stereocenters. The maximum atomic E-state index is 14.0. The molecule has 5 heteroatoms. The Bertz CT molecular complexity index is 1160. The van der Waals surface area contributed by atoms with Gasteiger partial charge in [0.05, 0.1) is 17.4 Å². The summed E-state index contributed by atoms with van der Waals surface area (Å²) in [5.74, 6) is -0.302. The van der Waals surface area contributed by atoms with Crippen molar-refractivity contribution in [3.63, 3.8) is 0 Å². The Morgan fingerprint density at radius 1 is 0.825 bits per heavy atom. The molecule has 0 aliphatic heterocycles. The van der Waals surface area contributed by atoms with Gasteiger partial charge < -0.3 is 14.9 Å². The van der Waals surface area contributed by atoms with E-state index >= 15 is 0 Å². The van der Waals surface area contributed by atoms with Gasteiger partial charge in [-0.3, -0.25) is 9.59 Å². The standard InChI is InChI=1S/C35H50O5/c1-31(2)25-14-17-34(5)26(32(25,3)16-15-27(31)36)12-11-24-28-23(29(37)38)13-18-35(28,20-19-33(24,34)4)30(39)40-21-22-9-7-6-8-10-22/h6-10,23-28,36H,11-21H2,1-5H3,(H,37,38). The number of carboxylic acid groups (broad SMARTS) is 1. The number of hydrogen-bond donors (Lipinski definition) is 2. The maximum Gasteiger partial charge on any atom is 0.312 e. The summed E-state index contributed by atoms with van der Waals surface area (Å²) in [6, 6.07) is 9.81. The van der Waals surface area contributed by atoms with E-state index in [4.69, 9.17) is 4.74 Å². The molecule has 5 aliphatic rings. The van der Waals surface area contributed by atoms with Crippen LogP contribution in [0.25, 0.3) is 0 Å². The molecule has 0 spiro atoms. The van der Waals surface area contributed by atoms with Gasteiger partial charge in [0, 0.05) is 0 Å². The number of ether oxygens (including phenoxy) is 1. The Labute approximate surface area is 240 Å². The van der Waals surface area contributed by atoms with Gasteiger partial charge in [0.1, 0.15) is 6.61 Å². The number of carbonyl (C=O) groups is 2. The molecule has 10 atom stereocenters. The molecule has 6 rings (SSSR count). The summed E-state index contributed by atoms with van der Waals surface area (Å²) in [6.45, 7) is 12.3. The van der Waals surface area contributed by atoms with Gasteiger partial charge in [-0.05, 0) is 115 Å². The summed E-state index contributed by atoms with van der Waals surface area (Å²) in [5, 5.41) is 21.4. The van der Waals surface area contributed by atoms with Crippen LogP contribution in [-0.4, -0.2) is 28.3 Å². The van der Waals surface area contributed by atoms with Crippen molar-refractivity contribution < 1.29 is 24.5 Å². The molecule has 0 aromatic heterocycles. The zero-order chi connectivity index (χ0) is 28.7. The Morgan fingerprint density at radius 3 is 2.25 bits per heavy atom. The summed E-state index contributed by atoms with van der Waals surface area (Å²) < 4.78 is 6.01. The van der Waals surface area contributed by atoms with E-state index in [1.54, 1.807) is 0 Å². The first-order chi connectivity index (χ1) is 18.8. The molecule has 0 radical (unpaired) electrons. The SMILES string of the molecule is CC1(C)C(O)CCC2(C)C1CCC1(C)C2CCC2C3C(C(=O)O)CCC3(C(=O)OCc3ccccc3)CCC21C. The van der Waals surface area contributed by atoms with Crippen LogP contribution in [0, 0.1) is 56.7 Å². The summed E-state index contributed by atoms with van der Waals surface area (Å²) in [5.41, 5.74) is 0.436. The van der Waals surface area contributed by atoms with Crippen molar-refractivity contribution in [3.8, 4) is 0 Å². The zero-order valence-corrected chi connectivity index (χ0v) is 25.2. The van der Waals surface area contributed by atoms with E-state index in [1.807, 2.05) is 30.3 Å². The summed E-state index contributed by atoms with van der Waals surface area (Å²) >= 11 is 0. The van der Waals surface area contributed by atoms with Crippen molar-refractivity contribution in [1.29, 1.82) is 0 Å². The predicted molar refractivity (Wildman–Crippen MR) is 154 cm³/mol. The van der Waals surface area contributed by atoms with E-state index in [-0.39, 0.29) is 52.2 Å². The van der Waals surface area contributed by atoms with E-state index in [0.29, 0.717) is 24.7 Å². The fourth-order valence-corrected chi connectivity index (χ4v) is 12.1. The number of aliphatic hydroxyl groups is 1. The summed E-state index contributed by atoms with van der Waals surface area (Å²) in [4.78, 5) is 26.7. The highest BCUT2D eigenvalue weighted by Gasteiger charge is 2.72. The van der Waals surface area contributed by atoms with Crippen LogP contribution in [0.2, 0.25) is 0 Å². The van der Waals surface area contributed by atoms with Gasteiger partial charge in [-0.15, -0.1) is 0 Å². The third-order valence-electron chi connectivity index (χ3n) is 14.3. The highest BCUT2D eigenvalue weighted by atomic mass is 16.5. The summed E-state index contributed by atoms with van der Waals surface area (Å²) in [7, 11) is 0. The normalized spacial score (nSPS) is 47.2. The van der Waals surface area contributed by atoms with Crippen LogP contribution in [-0.2, 0) is 20.9 Å². The largest absolute Gasteiger partial charge is 0.481 e. The molecular formula is C35H50O5. The molecule has 40 heavy (non-hydrogen) atoms. The van der Waals surface area contributed by atoms with Gasteiger partial charge in [-0.25, -0.2) is 0 Å². The zero-order valence-electron chi connectivity index (χ0n) is 25.2. The number of benzene rings is 1. The van der Waals surface area contributed by atoms with Crippen LogP contribution < -0.4 is 0 Å². The lowest BCUT2D eigenvalue weighted by Gasteiger charge is -2.72. The quantitative estimate of drug-likeness (QED) is 0.386. The van der Waals surface area contributed by atoms with E-state index in [2.05, 4.69) is 34.6 Å². The third-order valence-corrected chi connectivity index (χ3v) is 14.3. The average molecular weight is 551 g/mol. The van der Waals surface area contributed by atoms with Crippen LogP contribution in [0.1, 0.15) is 104 Å². The molecule has 0 heterocycles. The number of aliphatic carboxylic acids is 1. The molecule has 220 valence electrons. The smallest absolute Gasteiger partial charge is 0.312 e. The molecular weight excluding hydrogens is 500 g/mol. The molecule has 5 fully saturated rings. The number of carbonyl (C=O) groups excluding carboxylic acids is 1. The van der Waals surface area contributed by atoms with Gasteiger partial charge in [-0.1, -0.05) is 65.0 Å². The molecule has 5 nitrogen and oxygen atoms in total. The third kappa shape index (κ3) is 3.67. The van der Waals surface area contributed by atoms with Crippen LogP contribution in [0.15, 0.2) is 30.3 Å². The number of rotatable bonds is 4. The van der Waals surface area contributed by atoms with Crippen LogP contribution in [0.3, 0.4) is 0 Å². The number of aliphatic hydroxyl groups excluding tert-OH is 1. The second-order valence-electron chi connectivity index (χ2n) is 15.8. The minimum Gasteiger partial charge on any atom is -0.481 e. The van der Waals surface area contributed by atoms with Gasteiger partial charge in [0.15, 0.2) is 0 Å². The van der Waals surface area contributed by atoms with Crippen molar-refractivity contribution in [2.45, 2.75) is 112 Å². The topological polar surface area (TPSA) is 83.8 Å². The number of esters is 1. The minimum absolute atomic E-state index is 0.0178. The minimum atomic E-state index is -0.738. The van der Waals surface area contributed by atoms with Crippen molar-refractivity contribution in [2.75, 3.05) is 0 Å². The van der Waals surface area contributed by atoms with Crippen molar-refractivity contribution in [1.82, 2.24) is 0 Å². The highest BCUT2D eigenvalue weighted by Crippen LogP contribution is 2.77. The first-order valence-electron chi connectivity index (χ1n) is 15.9. The van der Waals surface area contributed by atoms with Gasteiger partial charge >= 0.3 is 11.9 Å². The van der Waals surface area contributed by atoms with Crippen LogP contribution in [0.5, 0.6) is 0 Å². The lowest BCUT2D eigenvalue weighted by Crippen LogP contribution is -2.67. The van der Waals surface area contributed by atoms with Gasteiger partial charge in [0.2, 0.25) is 0 Å². The molecule has 1 aromatic rings. The molecule has 2 N–H and O–H groups in total. The molecule has 5 aliphatic carbocycles. The molecule has 0 bridgehead atoms. The Morgan fingerprint density at radius 2 is 1.55 bits per heavy atom. The van der Waals surface area contributed by atoms with Crippen molar-refractivity contribution in [2.24, 2.45) is 56.7 Å². The maximum absolute atomic E-state index is 14.0. The fourth-order valence-electron chi connectivity index (χ4n) is 12.1. The Hall–Kier alpha value is -1.88.